The maximum absolute atomic E-state index is 14.9. The van der Waals surface area contributed by atoms with Crippen molar-refractivity contribution in [2.45, 2.75) is 242 Å². The van der Waals surface area contributed by atoms with Crippen molar-refractivity contribution in [2.75, 3.05) is 26.9 Å². The molecule has 0 unspecified atom stereocenters. The number of fused-ring (bicyclic) bond motifs is 7. The first kappa shape index (κ1) is 61.4. The second kappa shape index (κ2) is 22.4. The van der Waals surface area contributed by atoms with Gasteiger partial charge in [0.15, 0.2) is 18.9 Å². The van der Waals surface area contributed by atoms with Crippen LogP contribution in [0.25, 0.3) is 0 Å². The molecule has 9 aliphatic rings. The van der Waals surface area contributed by atoms with E-state index >= 15 is 0 Å². The van der Waals surface area contributed by atoms with Gasteiger partial charge in [-0.25, -0.2) is 0 Å². The fourth-order valence-corrected chi connectivity index (χ4v) is 16.7. The molecule has 0 bridgehead atoms. The number of aliphatic hydroxyl groups is 13. The van der Waals surface area contributed by atoms with Crippen molar-refractivity contribution in [3.8, 4) is 0 Å². The molecular weight excluding hydrogens is 1040 g/mol. The van der Waals surface area contributed by atoms with Gasteiger partial charge in [0.05, 0.1) is 50.0 Å². The van der Waals surface area contributed by atoms with Crippen LogP contribution >= 0.6 is 0 Å². The minimum absolute atomic E-state index is 0.0237. The second-order valence-electron chi connectivity index (χ2n) is 26.1. The minimum atomic E-state index is -1.89. The van der Waals surface area contributed by atoms with E-state index in [0.717, 1.165) is 18.4 Å². The lowest BCUT2D eigenvalue weighted by Crippen LogP contribution is -2.68. The van der Waals surface area contributed by atoms with Crippen molar-refractivity contribution in [3.05, 3.63) is 11.6 Å². The van der Waals surface area contributed by atoms with Crippen molar-refractivity contribution in [1.82, 2.24) is 0 Å². The first-order valence-corrected chi connectivity index (χ1v) is 28.3. The van der Waals surface area contributed by atoms with Crippen molar-refractivity contribution in [3.63, 3.8) is 0 Å². The summed E-state index contributed by atoms with van der Waals surface area (Å²) in [5.41, 5.74) is -2.77. The monoisotopic (exact) mass is 1130 g/mol. The van der Waals surface area contributed by atoms with Gasteiger partial charge in [0.1, 0.15) is 91.6 Å². The maximum Gasteiger partial charge on any atom is 0.315 e. The first-order valence-electron chi connectivity index (χ1n) is 28.3. The van der Waals surface area contributed by atoms with Crippen molar-refractivity contribution in [2.24, 2.45) is 50.2 Å². The number of aliphatic hydroxyl groups excluding tert-OH is 13. The first-order chi connectivity index (χ1) is 37.0. The summed E-state index contributed by atoms with van der Waals surface area (Å²) in [7, 11) is 1.35. The summed E-state index contributed by atoms with van der Waals surface area (Å²) < 4.78 is 53.9. The quantitative estimate of drug-likeness (QED) is 0.0579. The van der Waals surface area contributed by atoms with E-state index in [1.807, 2.05) is 6.92 Å². The van der Waals surface area contributed by atoms with Gasteiger partial charge in [-0.05, 0) is 117 Å². The molecule has 29 atom stereocenters. The van der Waals surface area contributed by atoms with Crippen LogP contribution in [0.15, 0.2) is 11.6 Å². The second-order valence-corrected chi connectivity index (χ2v) is 26.1. The Labute approximate surface area is 459 Å². The van der Waals surface area contributed by atoms with Gasteiger partial charge >= 0.3 is 11.9 Å². The summed E-state index contributed by atoms with van der Waals surface area (Å²) in [6, 6.07) is 0. The number of ether oxygens (including phenoxy) is 9. The van der Waals surface area contributed by atoms with E-state index in [0.29, 0.717) is 38.5 Å². The van der Waals surface area contributed by atoms with Crippen molar-refractivity contribution >= 4 is 11.9 Å². The Morgan fingerprint density at radius 3 is 1.66 bits per heavy atom. The van der Waals surface area contributed by atoms with E-state index in [1.54, 1.807) is 0 Å². The third-order valence-electron chi connectivity index (χ3n) is 21.8. The highest BCUT2D eigenvalue weighted by molar-refractivity contribution is 5.81. The lowest BCUT2D eigenvalue weighted by Gasteiger charge is -2.71. The van der Waals surface area contributed by atoms with Crippen LogP contribution in [-0.4, -0.2) is 234 Å². The van der Waals surface area contributed by atoms with Gasteiger partial charge in [-0.1, -0.05) is 46.3 Å². The van der Waals surface area contributed by atoms with E-state index < -0.39 is 188 Å². The Bertz CT molecular complexity index is 2220. The van der Waals surface area contributed by atoms with Gasteiger partial charge in [0.2, 0.25) is 6.29 Å². The number of hydrogen-bond donors (Lipinski definition) is 13. The van der Waals surface area contributed by atoms with E-state index in [9.17, 15) is 76.0 Å². The zero-order valence-corrected chi connectivity index (χ0v) is 46.4. The van der Waals surface area contributed by atoms with E-state index in [4.69, 9.17) is 42.6 Å². The van der Waals surface area contributed by atoms with Crippen LogP contribution in [0.3, 0.4) is 0 Å². The standard InChI is InChI=1S/C55H88O24/c1-23-32(59)36(63)40(67)44(72-23)77-43-39(66)35(62)28(22-58)75-47(43)78-42-38(65)34(61)27(21-57)74-46(42)76-31-12-13-52(5)29(50(31,2)3)11-14-54(7)30(52)10-9-24-25-19-51(4,48(69)71-8)15-17-55(25,18-16-53(24,54)6)49(70)79-45-41(68)37(64)33(60)26(20-56)73-45/h9,23,25-47,56-68H,10-22H2,1-8H3/t23-,25-,26+,27+,28+,29-,30+,31-,32-,33+,34+,35+,36+,37-,38-,39-,40+,41+,42+,43+,44+,45+,46-,47-,51-,52-,53+,54+,55-/m0/s1. The highest BCUT2D eigenvalue weighted by Gasteiger charge is 2.71. The molecule has 452 valence electrons. The van der Waals surface area contributed by atoms with Gasteiger partial charge in [-0.3, -0.25) is 9.59 Å². The molecule has 5 aliphatic carbocycles. The highest BCUT2D eigenvalue weighted by Crippen LogP contribution is 2.76. The number of allylic oxidation sites excluding steroid dienone is 2. The Balaban J connectivity index is 0.980. The minimum Gasteiger partial charge on any atom is -0.469 e. The van der Waals surface area contributed by atoms with Crippen LogP contribution < -0.4 is 0 Å². The van der Waals surface area contributed by atoms with Crippen LogP contribution in [0.4, 0.5) is 0 Å². The molecule has 0 aromatic rings. The van der Waals surface area contributed by atoms with Crippen LogP contribution in [0, 0.1) is 50.2 Å². The molecule has 13 N–H and O–H groups in total. The van der Waals surface area contributed by atoms with E-state index in [1.165, 1.54) is 14.0 Å². The Kier molecular flexibility index (Phi) is 17.4. The van der Waals surface area contributed by atoms with Gasteiger partial charge in [-0.15, -0.1) is 0 Å². The summed E-state index contributed by atoms with van der Waals surface area (Å²) in [6.07, 6.45) is -25.8. The summed E-state index contributed by atoms with van der Waals surface area (Å²) in [5.74, 6) is -1.41. The number of esters is 2. The molecule has 79 heavy (non-hydrogen) atoms. The molecule has 0 aromatic carbocycles. The average Bonchev–Trinajstić information content (AvgIpc) is 3.51. The van der Waals surface area contributed by atoms with Gasteiger partial charge in [0, 0.05) is 0 Å². The van der Waals surface area contributed by atoms with Crippen molar-refractivity contribution < 1.29 is 119 Å². The molecule has 0 aromatic heterocycles. The number of rotatable bonds is 12. The normalized spacial score (nSPS) is 53.5. The lowest BCUT2D eigenvalue weighted by molar-refractivity contribution is -0.397. The summed E-state index contributed by atoms with van der Waals surface area (Å²) in [4.78, 5) is 28.5. The molecule has 4 saturated carbocycles. The predicted octanol–water partition coefficient (Wildman–Crippen LogP) is -1.85. The zero-order valence-electron chi connectivity index (χ0n) is 46.4. The fourth-order valence-electron chi connectivity index (χ4n) is 16.7. The molecule has 8 fully saturated rings. The third kappa shape index (κ3) is 9.87. The molecule has 9 rings (SSSR count). The predicted molar refractivity (Wildman–Crippen MR) is 268 cm³/mol. The fraction of sp³-hybridized carbons (Fsp3) is 0.927. The number of carbonyl (C=O) groups excluding carboxylic acids is 2. The molecule has 4 heterocycles. The molecule has 0 amide bonds. The molecule has 24 heteroatoms. The van der Waals surface area contributed by atoms with E-state index in [-0.39, 0.29) is 35.5 Å². The number of carbonyl (C=O) groups is 2. The van der Waals surface area contributed by atoms with E-state index in [2.05, 4.69) is 40.7 Å². The van der Waals surface area contributed by atoms with Crippen molar-refractivity contribution in [1.29, 1.82) is 0 Å². The Morgan fingerprint density at radius 2 is 1.08 bits per heavy atom. The largest absolute Gasteiger partial charge is 0.469 e. The van der Waals surface area contributed by atoms with Gasteiger partial charge < -0.3 is 109 Å². The Hall–Kier alpha value is -2.12. The van der Waals surface area contributed by atoms with Crippen LogP contribution in [0.1, 0.15) is 113 Å². The summed E-state index contributed by atoms with van der Waals surface area (Å²) >= 11 is 0. The molecule has 0 spiro atoms. The number of hydrogen-bond acceptors (Lipinski definition) is 24. The topological polar surface area (TPSA) is 380 Å². The average molecular weight is 1130 g/mol. The summed E-state index contributed by atoms with van der Waals surface area (Å²) in [5, 5.41) is 140. The van der Waals surface area contributed by atoms with Crippen LogP contribution in [0.5, 0.6) is 0 Å². The number of methoxy groups -OCH3 is 1. The maximum atomic E-state index is 14.9. The highest BCUT2D eigenvalue weighted by atomic mass is 16.8. The molecular formula is C55H88O24. The SMILES string of the molecule is COC(=O)[C@@]1(C)CC[C@]2(C(=O)O[C@H]3O[C@H](CO)[C@@H](O)[C@H](O)[C@H]3O)CC[C@]3(C)C(=CC[C@@H]4[C@@]5(C)CC[C@H](O[C@@H]6O[C@H](CO)[C@@H](O)[C@H](O)[C@H]6O[C@@H]6O[C@H](CO)[C@@H](O)[C@H](O)[C@H]6O[C@H]6O[C@@H](C)[C@H](O)[C@@H](O)[C@H]6O)C(C)(C)[C@@H]5CC[C@]43C)[C@@H]2C1. The van der Waals surface area contributed by atoms with Crippen LogP contribution in [0.2, 0.25) is 0 Å². The van der Waals surface area contributed by atoms with Crippen LogP contribution in [-0.2, 0) is 52.2 Å². The Morgan fingerprint density at radius 1 is 0.557 bits per heavy atom. The molecule has 0 radical (unpaired) electrons. The summed E-state index contributed by atoms with van der Waals surface area (Å²) in [6.45, 7) is 12.2. The molecule has 24 nitrogen and oxygen atoms in total. The third-order valence-corrected chi connectivity index (χ3v) is 21.8. The smallest absolute Gasteiger partial charge is 0.315 e. The zero-order chi connectivity index (χ0) is 57.9. The molecule has 4 saturated heterocycles. The van der Waals surface area contributed by atoms with Gasteiger partial charge in [-0.2, -0.15) is 0 Å². The lowest BCUT2D eigenvalue weighted by atomic mass is 9.33. The van der Waals surface area contributed by atoms with Gasteiger partial charge in [0.25, 0.3) is 0 Å². The molecule has 4 aliphatic heterocycles.